The predicted octanol–water partition coefficient (Wildman–Crippen LogP) is -6.05. The molecule has 2 heterocycles. The molecule has 0 radical (unpaired) electrons. The number of nitrogens with one attached hydrogen (secondary N) is 1. The van der Waals surface area contributed by atoms with E-state index in [1.807, 2.05) is 0 Å². The molecule has 2 rings (SSSR count). The van der Waals surface area contributed by atoms with Crippen LogP contribution in [0.4, 0.5) is 0 Å². The molecule has 11 atom stereocenters. The van der Waals surface area contributed by atoms with E-state index < -0.39 is 98.5 Å². The van der Waals surface area contributed by atoms with Gasteiger partial charge in [0.15, 0.2) is 6.29 Å². The fourth-order valence-electron chi connectivity index (χ4n) is 3.56. The first-order valence-corrected chi connectivity index (χ1v) is 9.69. The zero-order valence-electron chi connectivity index (χ0n) is 17.0. The highest BCUT2D eigenvalue weighted by atomic mass is 16.7. The molecule has 0 bridgehead atoms. The summed E-state index contributed by atoms with van der Waals surface area (Å²) in [5.74, 6) is -5.15. The van der Waals surface area contributed by atoms with Crippen molar-refractivity contribution in [1.29, 1.82) is 0 Å². The Hall–Kier alpha value is -1.50. The van der Waals surface area contributed by atoms with Gasteiger partial charge in [-0.15, -0.1) is 0 Å². The maximum Gasteiger partial charge on any atom is 0.364 e. The van der Waals surface area contributed by atoms with Gasteiger partial charge in [-0.05, 0) is 0 Å². The van der Waals surface area contributed by atoms with Gasteiger partial charge in [0, 0.05) is 13.3 Å². The number of hydrogen-bond donors (Lipinski definition) is 10. The minimum Gasteiger partial charge on any atom is -0.477 e. The molecule has 0 aromatic carbocycles. The summed E-state index contributed by atoms with van der Waals surface area (Å²) in [5.41, 5.74) is 0. The number of rotatable bonds is 8. The van der Waals surface area contributed by atoms with Gasteiger partial charge < -0.3 is 65.5 Å². The third-order valence-electron chi connectivity index (χ3n) is 5.35. The molecule has 0 aromatic heterocycles. The molecule has 15 nitrogen and oxygen atoms in total. The lowest BCUT2D eigenvalue weighted by Gasteiger charge is -2.47. The smallest absolute Gasteiger partial charge is 0.364 e. The van der Waals surface area contributed by atoms with E-state index in [1.54, 1.807) is 0 Å². The van der Waals surface area contributed by atoms with Crippen LogP contribution in [-0.4, -0.2) is 138 Å². The lowest BCUT2D eigenvalue weighted by molar-refractivity contribution is -0.334. The molecule has 2 fully saturated rings. The highest BCUT2D eigenvalue weighted by Crippen LogP contribution is 2.34. The average molecular weight is 471 g/mol. The fourth-order valence-corrected chi connectivity index (χ4v) is 3.56. The maximum atomic E-state index is 12.0. The molecule has 186 valence electrons. The molecule has 1 amide bonds. The second kappa shape index (κ2) is 10.6. The summed E-state index contributed by atoms with van der Waals surface area (Å²) >= 11 is 0. The summed E-state index contributed by atoms with van der Waals surface area (Å²) in [6.07, 6.45) is -16.9. The Morgan fingerprint density at radius 1 is 1.12 bits per heavy atom. The van der Waals surface area contributed by atoms with Crippen molar-refractivity contribution >= 4 is 11.9 Å². The molecule has 32 heavy (non-hydrogen) atoms. The normalized spacial score (nSPS) is 42.2. The Bertz CT molecular complexity index is 665. The molecular formula is C17H29NO14. The molecule has 0 unspecified atom stereocenters. The van der Waals surface area contributed by atoms with Crippen molar-refractivity contribution in [2.75, 3.05) is 13.2 Å². The quantitative estimate of drug-likeness (QED) is 0.158. The number of amides is 1. The van der Waals surface area contributed by atoms with Gasteiger partial charge in [0.25, 0.3) is 5.79 Å². The summed E-state index contributed by atoms with van der Waals surface area (Å²) in [5, 5.41) is 90.6. The summed E-state index contributed by atoms with van der Waals surface area (Å²) in [6.45, 7) is -0.691. The maximum absolute atomic E-state index is 12.0. The minimum absolute atomic E-state index is 0.669. The van der Waals surface area contributed by atoms with E-state index in [-0.39, 0.29) is 0 Å². The highest BCUT2D eigenvalue weighted by Gasteiger charge is 2.56. The zero-order valence-corrected chi connectivity index (χ0v) is 17.0. The molecule has 2 aliphatic rings. The van der Waals surface area contributed by atoms with Gasteiger partial charge in [-0.1, -0.05) is 0 Å². The van der Waals surface area contributed by atoms with E-state index in [9.17, 15) is 50.4 Å². The highest BCUT2D eigenvalue weighted by molar-refractivity contribution is 5.76. The Labute approximate surface area is 181 Å². The topological polar surface area (TPSA) is 256 Å². The Kier molecular flexibility index (Phi) is 8.88. The van der Waals surface area contributed by atoms with Gasteiger partial charge in [-0.2, -0.15) is 0 Å². The number of carboxylic acids is 1. The standard InChI is InChI=1S/C17H29NO14/c1-5(20)18-9-6(21)2-17(16(28)29,32-14(9)10(23)7(22)3-19)30-4-8-11(24)12(25)13(26)15(27)31-8/h6-15,19,21-27H,2-4H2,1H3,(H,18,20)(H,28,29)/t6-,7-,8-,9+,10+,11+,12+,13-,14+,15-,17-/m0/s1. The van der Waals surface area contributed by atoms with Crippen molar-refractivity contribution in [3.63, 3.8) is 0 Å². The number of aliphatic carboxylic acids is 1. The second-order valence-electron chi connectivity index (χ2n) is 7.73. The predicted molar refractivity (Wildman–Crippen MR) is 97.4 cm³/mol. The molecule has 2 saturated heterocycles. The zero-order chi connectivity index (χ0) is 24.4. The molecule has 0 aromatic rings. The molecular weight excluding hydrogens is 442 g/mol. The van der Waals surface area contributed by atoms with Crippen molar-refractivity contribution < 1.29 is 69.8 Å². The van der Waals surface area contributed by atoms with Gasteiger partial charge in [0.2, 0.25) is 5.91 Å². The number of carbonyl (C=O) groups is 2. The molecule has 0 aliphatic carbocycles. The third-order valence-corrected chi connectivity index (χ3v) is 5.35. The third kappa shape index (κ3) is 5.52. The van der Waals surface area contributed by atoms with Crippen LogP contribution in [0, 0.1) is 0 Å². The summed E-state index contributed by atoms with van der Waals surface area (Å²) in [6, 6.07) is -1.39. The first kappa shape index (κ1) is 26.7. The molecule has 2 aliphatic heterocycles. The van der Waals surface area contributed by atoms with E-state index in [0.29, 0.717) is 0 Å². The van der Waals surface area contributed by atoms with Gasteiger partial charge in [0.1, 0.15) is 42.7 Å². The molecule has 0 spiro atoms. The second-order valence-corrected chi connectivity index (χ2v) is 7.73. The number of hydrogen-bond acceptors (Lipinski definition) is 13. The van der Waals surface area contributed by atoms with Crippen LogP contribution in [0.15, 0.2) is 0 Å². The molecule has 15 heteroatoms. The van der Waals surface area contributed by atoms with Gasteiger partial charge in [-0.3, -0.25) is 4.79 Å². The number of aliphatic hydroxyl groups excluding tert-OH is 8. The van der Waals surface area contributed by atoms with Crippen molar-refractivity contribution in [3.8, 4) is 0 Å². The lowest BCUT2D eigenvalue weighted by atomic mass is 9.88. The van der Waals surface area contributed by atoms with Gasteiger partial charge in [-0.25, -0.2) is 4.79 Å². The van der Waals surface area contributed by atoms with Crippen LogP contribution in [0.3, 0.4) is 0 Å². The van der Waals surface area contributed by atoms with Crippen molar-refractivity contribution in [3.05, 3.63) is 0 Å². The first-order chi connectivity index (χ1) is 14.8. The van der Waals surface area contributed by atoms with E-state index in [1.165, 1.54) is 0 Å². The van der Waals surface area contributed by atoms with Crippen LogP contribution < -0.4 is 5.32 Å². The number of carbonyl (C=O) groups excluding carboxylic acids is 1. The van der Waals surface area contributed by atoms with Crippen molar-refractivity contribution in [2.24, 2.45) is 0 Å². The number of carboxylic acid groups (broad SMARTS) is 1. The van der Waals surface area contributed by atoms with E-state index in [2.05, 4.69) is 5.32 Å². The van der Waals surface area contributed by atoms with Gasteiger partial charge in [0.05, 0.1) is 25.4 Å². The Morgan fingerprint density at radius 2 is 1.75 bits per heavy atom. The van der Waals surface area contributed by atoms with Crippen LogP contribution in [0.2, 0.25) is 0 Å². The van der Waals surface area contributed by atoms with Crippen LogP contribution >= 0.6 is 0 Å². The monoisotopic (exact) mass is 471 g/mol. The van der Waals surface area contributed by atoms with Crippen molar-refractivity contribution in [2.45, 2.75) is 80.3 Å². The van der Waals surface area contributed by atoms with Crippen LogP contribution in [0.1, 0.15) is 13.3 Å². The molecule has 0 saturated carbocycles. The van der Waals surface area contributed by atoms with E-state index in [0.717, 1.165) is 6.92 Å². The Morgan fingerprint density at radius 3 is 2.28 bits per heavy atom. The Balaban J connectivity index is 2.27. The van der Waals surface area contributed by atoms with Crippen LogP contribution in [0.5, 0.6) is 0 Å². The summed E-state index contributed by atoms with van der Waals surface area (Å²) in [7, 11) is 0. The van der Waals surface area contributed by atoms with Gasteiger partial charge >= 0.3 is 5.97 Å². The summed E-state index contributed by atoms with van der Waals surface area (Å²) in [4.78, 5) is 23.5. The average Bonchev–Trinajstić information content (AvgIpc) is 2.73. The van der Waals surface area contributed by atoms with Crippen LogP contribution in [-0.2, 0) is 23.8 Å². The number of ether oxygens (including phenoxy) is 3. The molecule has 10 N–H and O–H groups in total. The van der Waals surface area contributed by atoms with E-state index >= 15 is 0 Å². The van der Waals surface area contributed by atoms with E-state index in [4.69, 9.17) is 19.3 Å². The number of aliphatic hydroxyl groups is 8. The first-order valence-electron chi connectivity index (χ1n) is 9.69. The van der Waals surface area contributed by atoms with Crippen molar-refractivity contribution in [1.82, 2.24) is 5.32 Å². The summed E-state index contributed by atoms with van der Waals surface area (Å²) < 4.78 is 15.5. The largest absolute Gasteiger partial charge is 0.477 e. The lowest BCUT2D eigenvalue weighted by Crippen LogP contribution is -2.68. The van der Waals surface area contributed by atoms with Crippen LogP contribution in [0.25, 0.3) is 0 Å². The minimum atomic E-state index is -2.69. The fraction of sp³-hybridized carbons (Fsp3) is 0.882. The SMILES string of the molecule is CC(=O)N[C@H]1[C@H]([C@H](O)[C@@H](O)CO)O[C@](OC[C@@H]2O[C@H](O)[C@@H](O)[C@H](O)[C@@H]2O)(C(=O)O)C[C@@H]1O.